The van der Waals surface area contributed by atoms with Gasteiger partial charge >= 0.3 is 5.97 Å². The minimum atomic E-state index is -1.01. The van der Waals surface area contributed by atoms with Crippen LogP contribution in [-0.2, 0) is 18.4 Å². The monoisotopic (exact) mass is 277 g/mol. The van der Waals surface area contributed by atoms with Gasteiger partial charge < -0.3 is 10.4 Å². The van der Waals surface area contributed by atoms with Gasteiger partial charge in [0.05, 0.1) is 12.2 Å². The highest BCUT2D eigenvalue weighted by atomic mass is 16.4. The molecule has 0 bridgehead atoms. The van der Waals surface area contributed by atoms with Crippen molar-refractivity contribution in [1.82, 2.24) is 24.9 Å². The molecule has 0 aliphatic heterocycles. The fraction of sp³-hybridized carbons (Fsp3) is 0.333. The number of hydrogen-bond acceptors (Lipinski definition) is 4. The average Bonchev–Trinajstić information content (AvgIpc) is 3.03. The van der Waals surface area contributed by atoms with Gasteiger partial charge in [0.2, 0.25) is 0 Å². The van der Waals surface area contributed by atoms with Crippen LogP contribution in [0, 0.1) is 0 Å². The summed E-state index contributed by atoms with van der Waals surface area (Å²) in [5.41, 5.74) is 0.910. The Morgan fingerprint density at radius 1 is 1.35 bits per heavy atom. The molecule has 1 amide bonds. The maximum Gasteiger partial charge on any atom is 0.328 e. The summed E-state index contributed by atoms with van der Waals surface area (Å²) >= 11 is 0. The predicted molar refractivity (Wildman–Crippen MR) is 69.0 cm³/mol. The Labute approximate surface area is 115 Å². The highest BCUT2D eigenvalue weighted by molar-refractivity contribution is 5.92. The first-order valence-electron chi connectivity index (χ1n) is 6.02. The second-order valence-corrected chi connectivity index (χ2v) is 4.36. The number of rotatable bonds is 5. The number of nitrogens with one attached hydrogen (secondary N) is 1. The number of nitrogens with zero attached hydrogens (tertiary/aromatic N) is 4. The number of amides is 1. The van der Waals surface area contributed by atoms with Crippen molar-refractivity contribution in [1.29, 1.82) is 0 Å². The van der Waals surface area contributed by atoms with Crippen molar-refractivity contribution in [2.24, 2.45) is 7.05 Å². The van der Waals surface area contributed by atoms with Gasteiger partial charge in [-0.3, -0.25) is 14.2 Å². The van der Waals surface area contributed by atoms with E-state index in [4.69, 9.17) is 5.11 Å². The first-order valence-corrected chi connectivity index (χ1v) is 6.02. The zero-order valence-electron chi connectivity index (χ0n) is 11.1. The second-order valence-electron chi connectivity index (χ2n) is 4.36. The summed E-state index contributed by atoms with van der Waals surface area (Å²) in [6.45, 7) is 1.78. The smallest absolute Gasteiger partial charge is 0.328 e. The Hall–Kier alpha value is -2.64. The van der Waals surface area contributed by atoms with E-state index < -0.39 is 12.0 Å². The quantitative estimate of drug-likeness (QED) is 0.812. The molecule has 2 aromatic heterocycles. The molecule has 8 heteroatoms. The van der Waals surface area contributed by atoms with Crippen LogP contribution in [0.15, 0.2) is 24.5 Å². The molecule has 8 nitrogen and oxygen atoms in total. The fourth-order valence-corrected chi connectivity index (χ4v) is 1.61. The van der Waals surface area contributed by atoms with E-state index in [-0.39, 0.29) is 11.6 Å². The lowest BCUT2D eigenvalue weighted by atomic mass is 10.3. The van der Waals surface area contributed by atoms with Gasteiger partial charge in [-0.25, -0.2) is 4.79 Å². The molecule has 2 rings (SSSR count). The van der Waals surface area contributed by atoms with E-state index in [0.717, 1.165) is 5.69 Å². The van der Waals surface area contributed by atoms with E-state index in [9.17, 15) is 9.59 Å². The molecule has 20 heavy (non-hydrogen) atoms. The first-order chi connectivity index (χ1) is 9.47. The minimum absolute atomic E-state index is 0.175. The molecule has 0 saturated heterocycles. The second kappa shape index (κ2) is 5.55. The third kappa shape index (κ3) is 3.02. The Kier molecular flexibility index (Phi) is 3.83. The SMILES string of the molecule is CC(C(=O)O)n1ccc(C(=O)NCc2ccn(C)n2)n1. The van der Waals surface area contributed by atoms with Crippen LogP contribution in [0.2, 0.25) is 0 Å². The first kappa shape index (κ1) is 13.8. The number of carboxylic acids is 1. The molecule has 0 aromatic carbocycles. The molecule has 2 N–H and O–H groups in total. The van der Waals surface area contributed by atoms with Gasteiger partial charge in [-0.15, -0.1) is 0 Å². The van der Waals surface area contributed by atoms with Crippen molar-refractivity contribution >= 4 is 11.9 Å². The number of hydrogen-bond donors (Lipinski definition) is 2. The van der Waals surface area contributed by atoms with Crippen molar-refractivity contribution in [2.45, 2.75) is 19.5 Å². The van der Waals surface area contributed by atoms with Gasteiger partial charge in [-0.2, -0.15) is 10.2 Å². The van der Waals surface area contributed by atoms with Crippen molar-refractivity contribution in [2.75, 3.05) is 0 Å². The van der Waals surface area contributed by atoms with Crippen LogP contribution < -0.4 is 5.32 Å². The Balaban J connectivity index is 1.97. The van der Waals surface area contributed by atoms with Crippen LogP contribution in [0.5, 0.6) is 0 Å². The van der Waals surface area contributed by atoms with Gasteiger partial charge in [0, 0.05) is 19.4 Å². The van der Waals surface area contributed by atoms with Crippen LogP contribution in [0.1, 0.15) is 29.1 Å². The molecule has 2 aromatic rings. The van der Waals surface area contributed by atoms with E-state index >= 15 is 0 Å². The molecule has 1 unspecified atom stereocenters. The number of carbonyl (C=O) groups excluding carboxylic acids is 1. The summed E-state index contributed by atoms with van der Waals surface area (Å²) in [6, 6.07) is 2.46. The van der Waals surface area contributed by atoms with E-state index in [1.807, 2.05) is 0 Å². The molecular formula is C12H15N5O3. The summed E-state index contributed by atoms with van der Waals surface area (Å²) in [5.74, 6) is -1.37. The lowest BCUT2D eigenvalue weighted by Crippen LogP contribution is -2.24. The highest BCUT2D eigenvalue weighted by Crippen LogP contribution is 2.06. The zero-order valence-corrected chi connectivity index (χ0v) is 11.1. The Morgan fingerprint density at radius 2 is 2.10 bits per heavy atom. The Morgan fingerprint density at radius 3 is 2.70 bits per heavy atom. The normalized spacial score (nSPS) is 12.1. The molecule has 0 aliphatic carbocycles. The van der Waals surface area contributed by atoms with Gasteiger partial charge in [0.15, 0.2) is 0 Å². The zero-order chi connectivity index (χ0) is 14.7. The standard InChI is InChI=1S/C12H15N5O3/c1-8(12(19)20)17-6-4-10(15-17)11(18)13-7-9-3-5-16(2)14-9/h3-6,8H,7H2,1-2H3,(H,13,18)(H,19,20). The van der Waals surface area contributed by atoms with Crippen molar-refractivity contribution < 1.29 is 14.7 Å². The number of carboxylic acid groups (broad SMARTS) is 1. The number of aliphatic carboxylic acids is 1. The summed E-state index contributed by atoms with van der Waals surface area (Å²) < 4.78 is 2.88. The maximum atomic E-state index is 11.9. The molecule has 0 aliphatic rings. The topological polar surface area (TPSA) is 102 Å². The van der Waals surface area contributed by atoms with Crippen LogP contribution in [-0.4, -0.2) is 36.5 Å². The van der Waals surface area contributed by atoms with Gasteiger partial charge in [0.25, 0.3) is 5.91 Å². The lowest BCUT2D eigenvalue weighted by Gasteiger charge is -2.05. The summed E-state index contributed by atoms with van der Waals surface area (Å²) in [5, 5.41) is 19.6. The molecule has 0 radical (unpaired) electrons. The van der Waals surface area contributed by atoms with E-state index in [1.54, 1.807) is 24.0 Å². The molecule has 0 spiro atoms. The van der Waals surface area contributed by atoms with Crippen molar-refractivity contribution in [3.05, 3.63) is 35.9 Å². The summed E-state index contributed by atoms with van der Waals surface area (Å²) in [6.07, 6.45) is 3.25. The van der Waals surface area contributed by atoms with Crippen LogP contribution in [0.25, 0.3) is 0 Å². The molecule has 0 saturated carbocycles. The summed E-state index contributed by atoms with van der Waals surface area (Å²) in [7, 11) is 1.79. The number of carbonyl (C=O) groups is 2. The van der Waals surface area contributed by atoms with Crippen LogP contribution in [0.4, 0.5) is 0 Å². The number of aromatic nitrogens is 4. The van der Waals surface area contributed by atoms with Crippen LogP contribution >= 0.6 is 0 Å². The largest absolute Gasteiger partial charge is 0.480 e. The number of aryl methyl sites for hydroxylation is 1. The van der Waals surface area contributed by atoms with Crippen molar-refractivity contribution in [3.8, 4) is 0 Å². The molecule has 106 valence electrons. The molecule has 1 atom stereocenters. The molecule has 0 fully saturated rings. The third-order valence-corrected chi connectivity index (χ3v) is 2.79. The minimum Gasteiger partial charge on any atom is -0.480 e. The van der Waals surface area contributed by atoms with Gasteiger partial charge in [0.1, 0.15) is 11.7 Å². The Bertz CT molecular complexity index is 631. The lowest BCUT2D eigenvalue weighted by molar-refractivity contribution is -0.140. The molecular weight excluding hydrogens is 262 g/mol. The fourth-order valence-electron chi connectivity index (χ4n) is 1.61. The average molecular weight is 277 g/mol. The van der Waals surface area contributed by atoms with E-state index in [0.29, 0.717) is 6.54 Å². The summed E-state index contributed by atoms with van der Waals surface area (Å²) in [4.78, 5) is 22.7. The predicted octanol–water partition coefficient (Wildman–Crippen LogP) is 0.192. The van der Waals surface area contributed by atoms with Crippen LogP contribution in [0.3, 0.4) is 0 Å². The molecule has 2 heterocycles. The van der Waals surface area contributed by atoms with E-state index in [2.05, 4.69) is 15.5 Å². The third-order valence-electron chi connectivity index (χ3n) is 2.79. The van der Waals surface area contributed by atoms with Gasteiger partial charge in [-0.1, -0.05) is 0 Å². The van der Waals surface area contributed by atoms with E-state index in [1.165, 1.54) is 23.9 Å². The van der Waals surface area contributed by atoms with Gasteiger partial charge in [-0.05, 0) is 19.1 Å². The van der Waals surface area contributed by atoms with Crippen molar-refractivity contribution in [3.63, 3.8) is 0 Å². The highest BCUT2D eigenvalue weighted by Gasteiger charge is 2.16. The maximum absolute atomic E-state index is 11.9.